The number of sulfonamides is 1. The van der Waals surface area contributed by atoms with Gasteiger partial charge in [-0.05, 0) is 19.3 Å². The largest absolute Gasteiger partial charge is 0.335 e. The monoisotopic (exact) mass is 381 g/mol. The third-order valence-corrected chi connectivity index (χ3v) is 6.52. The quantitative estimate of drug-likeness (QED) is 0.760. The number of H-pyrrole nitrogens is 2. The number of imidazole rings is 1. The van der Waals surface area contributed by atoms with Crippen LogP contribution in [0.5, 0.6) is 0 Å². The van der Waals surface area contributed by atoms with Crippen LogP contribution in [0.15, 0.2) is 33.1 Å². The van der Waals surface area contributed by atoms with Crippen LogP contribution in [-0.2, 0) is 16.6 Å². The summed E-state index contributed by atoms with van der Waals surface area (Å²) in [7, 11) is -3.98. The van der Waals surface area contributed by atoms with Crippen LogP contribution in [-0.4, -0.2) is 45.3 Å². The van der Waals surface area contributed by atoms with Crippen LogP contribution in [0.1, 0.15) is 44.3 Å². The highest BCUT2D eigenvalue weighted by molar-refractivity contribution is 7.89. The second-order valence-electron chi connectivity index (χ2n) is 6.47. The Kier molecular flexibility index (Phi) is 5.42. The average molecular weight is 381 g/mol. The van der Waals surface area contributed by atoms with E-state index >= 15 is 0 Å². The Balaban J connectivity index is 1.85. The molecule has 0 spiro atoms. The zero-order valence-electron chi connectivity index (χ0n) is 14.6. The van der Waals surface area contributed by atoms with Gasteiger partial charge in [0.05, 0.1) is 0 Å². The highest BCUT2D eigenvalue weighted by Crippen LogP contribution is 2.28. The molecule has 0 unspecified atom stereocenters. The SMILES string of the molecule is CCCCn1ccnc1[C@@H]1CCCN(S(=O)(=O)c2c[nH]c(=O)[nH]c2=O)C1. The molecule has 0 bridgehead atoms. The minimum absolute atomic E-state index is 0.0211. The molecule has 3 rings (SSSR count). The lowest BCUT2D eigenvalue weighted by Gasteiger charge is -2.31. The topological polar surface area (TPSA) is 121 Å². The number of rotatable bonds is 6. The van der Waals surface area contributed by atoms with E-state index in [4.69, 9.17) is 0 Å². The first-order valence-electron chi connectivity index (χ1n) is 8.76. The number of aromatic amines is 2. The van der Waals surface area contributed by atoms with Crippen molar-refractivity contribution < 1.29 is 8.42 Å². The third-order valence-electron chi connectivity index (χ3n) is 4.65. The van der Waals surface area contributed by atoms with Crippen molar-refractivity contribution in [1.29, 1.82) is 0 Å². The minimum Gasteiger partial charge on any atom is -0.335 e. The van der Waals surface area contributed by atoms with Crippen LogP contribution >= 0.6 is 0 Å². The van der Waals surface area contributed by atoms with Gasteiger partial charge in [0.15, 0.2) is 4.90 Å². The molecular formula is C16H23N5O4S. The molecule has 1 aliphatic rings. The van der Waals surface area contributed by atoms with E-state index in [1.807, 2.05) is 11.2 Å². The lowest BCUT2D eigenvalue weighted by molar-refractivity contribution is 0.304. The summed E-state index contributed by atoms with van der Waals surface area (Å²) in [6, 6.07) is 0. The molecule has 2 aromatic heterocycles. The predicted octanol–water partition coefficient (Wildman–Crippen LogP) is 0.628. The van der Waals surface area contributed by atoms with Crippen molar-refractivity contribution in [2.75, 3.05) is 13.1 Å². The Labute approximate surface area is 151 Å². The fourth-order valence-electron chi connectivity index (χ4n) is 3.30. The van der Waals surface area contributed by atoms with E-state index in [0.717, 1.165) is 37.8 Å². The van der Waals surface area contributed by atoms with Crippen molar-refractivity contribution in [3.8, 4) is 0 Å². The Morgan fingerprint density at radius 2 is 2.15 bits per heavy atom. The summed E-state index contributed by atoms with van der Waals surface area (Å²) in [6.07, 6.45) is 8.25. The molecule has 1 atom stereocenters. The molecule has 0 aromatic carbocycles. The Morgan fingerprint density at radius 3 is 2.88 bits per heavy atom. The van der Waals surface area contributed by atoms with E-state index in [0.29, 0.717) is 13.0 Å². The number of hydrogen-bond acceptors (Lipinski definition) is 5. The molecule has 1 fully saturated rings. The fraction of sp³-hybridized carbons (Fsp3) is 0.562. The van der Waals surface area contributed by atoms with E-state index in [2.05, 4.69) is 21.5 Å². The van der Waals surface area contributed by atoms with Crippen LogP contribution in [0.25, 0.3) is 0 Å². The molecule has 142 valence electrons. The van der Waals surface area contributed by atoms with Gasteiger partial charge in [0.1, 0.15) is 5.82 Å². The minimum atomic E-state index is -3.98. The lowest BCUT2D eigenvalue weighted by Crippen LogP contribution is -2.42. The summed E-state index contributed by atoms with van der Waals surface area (Å²) in [5, 5.41) is 0. The van der Waals surface area contributed by atoms with E-state index < -0.39 is 26.2 Å². The van der Waals surface area contributed by atoms with Crippen molar-refractivity contribution in [1.82, 2.24) is 23.8 Å². The van der Waals surface area contributed by atoms with Gasteiger partial charge in [-0.3, -0.25) is 9.78 Å². The van der Waals surface area contributed by atoms with Gasteiger partial charge in [0, 0.05) is 44.1 Å². The summed E-state index contributed by atoms with van der Waals surface area (Å²) in [5.74, 6) is 0.862. The Hall–Kier alpha value is -2.20. The predicted molar refractivity (Wildman–Crippen MR) is 95.6 cm³/mol. The number of aryl methyl sites for hydroxylation is 1. The molecule has 2 aromatic rings. The van der Waals surface area contributed by atoms with E-state index in [-0.39, 0.29) is 12.5 Å². The van der Waals surface area contributed by atoms with Gasteiger partial charge in [-0.15, -0.1) is 0 Å². The van der Waals surface area contributed by atoms with E-state index in [1.165, 1.54) is 4.31 Å². The smallest absolute Gasteiger partial charge is 0.325 e. The zero-order valence-corrected chi connectivity index (χ0v) is 15.5. The van der Waals surface area contributed by atoms with Crippen LogP contribution in [0, 0.1) is 0 Å². The lowest BCUT2D eigenvalue weighted by atomic mass is 9.99. The molecule has 1 aliphatic heterocycles. The highest BCUT2D eigenvalue weighted by Gasteiger charge is 2.34. The molecule has 3 heterocycles. The van der Waals surface area contributed by atoms with Crippen LogP contribution in [0.2, 0.25) is 0 Å². The van der Waals surface area contributed by atoms with Gasteiger partial charge in [0.25, 0.3) is 5.56 Å². The van der Waals surface area contributed by atoms with Gasteiger partial charge in [-0.1, -0.05) is 13.3 Å². The van der Waals surface area contributed by atoms with Crippen LogP contribution in [0.4, 0.5) is 0 Å². The zero-order chi connectivity index (χ0) is 18.7. The normalized spacial score (nSPS) is 18.9. The molecule has 9 nitrogen and oxygen atoms in total. The summed E-state index contributed by atoms with van der Waals surface area (Å²) in [6.45, 7) is 3.58. The Morgan fingerprint density at radius 1 is 1.35 bits per heavy atom. The first kappa shape index (κ1) is 18.6. The molecule has 0 amide bonds. The first-order chi connectivity index (χ1) is 12.4. The number of nitrogens with zero attached hydrogens (tertiary/aromatic N) is 3. The average Bonchev–Trinajstić information content (AvgIpc) is 3.08. The van der Waals surface area contributed by atoms with Gasteiger partial charge >= 0.3 is 5.69 Å². The summed E-state index contributed by atoms with van der Waals surface area (Å²) in [4.78, 5) is 31.2. The summed E-state index contributed by atoms with van der Waals surface area (Å²) in [5.41, 5.74) is -1.64. The first-order valence-corrected chi connectivity index (χ1v) is 10.2. The Bertz CT molecular complexity index is 975. The fourth-order valence-corrected chi connectivity index (χ4v) is 4.81. The van der Waals surface area contributed by atoms with Gasteiger partial charge in [-0.2, -0.15) is 4.31 Å². The van der Waals surface area contributed by atoms with E-state index in [9.17, 15) is 18.0 Å². The maximum Gasteiger partial charge on any atom is 0.325 e. The number of nitrogens with one attached hydrogen (secondary N) is 2. The number of unbranched alkanes of at least 4 members (excludes halogenated alkanes) is 1. The molecule has 26 heavy (non-hydrogen) atoms. The maximum atomic E-state index is 12.8. The second-order valence-corrected chi connectivity index (χ2v) is 8.38. The number of piperidine rings is 1. The molecule has 0 radical (unpaired) electrons. The van der Waals surface area contributed by atoms with Gasteiger partial charge in [-0.25, -0.2) is 18.2 Å². The number of aromatic nitrogens is 4. The molecule has 2 N–H and O–H groups in total. The van der Waals surface area contributed by atoms with Crippen molar-refractivity contribution >= 4 is 10.0 Å². The molecular weight excluding hydrogens is 358 g/mol. The molecule has 10 heteroatoms. The maximum absolute atomic E-state index is 12.8. The van der Waals surface area contributed by atoms with Crippen molar-refractivity contribution in [2.24, 2.45) is 0 Å². The van der Waals surface area contributed by atoms with Crippen molar-refractivity contribution in [3.05, 3.63) is 45.3 Å². The van der Waals surface area contributed by atoms with E-state index in [1.54, 1.807) is 6.20 Å². The summed E-state index contributed by atoms with van der Waals surface area (Å²) < 4.78 is 29.1. The molecule has 0 aliphatic carbocycles. The standard InChI is InChI=1S/C16H23N5O4S/c1-2-3-7-20-9-6-17-14(20)12-5-4-8-21(11-12)26(24,25)13-10-18-16(23)19-15(13)22/h6,9-10,12H,2-5,7-8,11H2,1H3,(H2,18,19,22,23)/t12-/m1/s1. The third kappa shape index (κ3) is 3.65. The van der Waals surface area contributed by atoms with Crippen molar-refractivity contribution in [2.45, 2.75) is 50.0 Å². The van der Waals surface area contributed by atoms with Gasteiger partial charge in [0.2, 0.25) is 10.0 Å². The van der Waals surface area contributed by atoms with Crippen LogP contribution < -0.4 is 11.2 Å². The second kappa shape index (κ2) is 7.58. The van der Waals surface area contributed by atoms with Crippen molar-refractivity contribution in [3.63, 3.8) is 0 Å². The van der Waals surface area contributed by atoms with Crippen LogP contribution in [0.3, 0.4) is 0 Å². The number of hydrogen-bond donors (Lipinski definition) is 2. The summed E-state index contributed by atoms with van der Waals surface area (Å²) >= 11 is 0. The highest BCUT2D eigenvalue weighted by atomic mass is 32.2. The van der Waals surface area contributed by atoms with Gasteiger partial charge < -0.3 is 9.55 Å². The molecule has 1 saturated heterocycles. The molecule has 0 saturated carbocycles.